The van der Waals surface area contributed by atoms with Gasteiger partial charge in [-0.05, 0) is 44.9 Å². The van der Waals surface area contributed by atoms with Gasteiger partial charge in [-0.3, -0.25) is 4.79 Å². The van der Waals surface area contributed by atoms with Crippen molar-refractivity contribution in [2.45, 2.75) is 71.1 Å². The summed E-state index contributed by atoms with van der Waals surface area (Å²) in [5.41, 5.74) is 0. The fourth-order valence-corrected chi connectivity index (χ4v) is 2.04. The number of hydrogen-bond acceptors (Lipinski definition) is 1. The Morgan fingerprint density at radius 2 is 1.08 bits per heavy atom. The minimum absolute atomic E-state index is 0.213. The lowest BCUT2D eigenvalue weighted by molar-refractivity contribution is -0.136. The average Bonchev–Trinajstić information content (AvgIpc) is 2.56. The number of unbranched alkanes of at least 4 members (excludes halogenated alkanes) is 3. The van der Waals surface area contributed by atoms with Crippen LogP contribution < -0.4 is 0 Å². The number of allylic oxidation sites excluding steroid dienone is 10. The summed E-state index contributed by atoms with van der Waals surface area (Å²) in [6.07, 6.45) is 31.4. The third-order valence-electron chi connectivity index (χ3n) is 3.42. The second-order valence-electron chi connectivity index (χ2n) is 5.73. The molecule has 0 aliphatic rings. The Bertz CT molecular complexity index is 425. The van der Waals surface area contributed by atoms with Gasteiger partial charge in [0.2, 0.25) is 0 Å². The van der Waals surface area contributed by atoms with E-state index in [0.717, 1.165) is 25.7 Å². The number of carboxylic acids is 1. The van der Waals surface area contributed by atoms with Crippen LogP contribution in [0.1, 0.15) is 71.1 Å². The summed E-state index contributed by atoms with van der Waals surface area (Å²) >= 11 is 0. The predicted octanol–water partition coefficient (Wildman–Crippen LogP) is 6.77. The molecule has 2 nitrogen and oxygen atoms in total. The van der Waals surface area contributed by atoms with Crippen LogP contribution in [0.3, 0.4) is 0 Å². The SMILES string of the molecule is CCCCCC=CCC=CCC=CCC=CCC=CCCC(=O)O. The fraction of sp³-hybridized carbons (Fsp3) is 0.500. The first kappa shape index (κ1) is 22.2. The zero-order chi connectivity index (χ0) is 17.7. The molecule has 1 N–H and O–H groups in total. The highest BCUT2D eigenvalue weighted by atomic mass is 16.4. The van der Waals surface area contributed by atoms with Crippen LogP contribution in [-0.4, -0.2) is 11.1 Å². The van der Waals surface area contributed by atoms with E-state index >= 15 is 0 Å². The Labute approximate surface area is 148 Å². The molecule has 24 heavy (non-hydrogen) atoms. The Morgan fingerprint density at radius 3 is 1.50 bits per heavy atom. The van der Waals surface area contributed by atoms with Gasteiger partial charge in [-0.25, -0.2) is 0 Å². The Kier molecular flexibility index (Phi) is 17.8. The van der Waals surface area contributed by atoms with Crippen molar-refractivity contribution in [2.24, 2.45) is 0 Å². The standard InChI is InChI=1S/C22H34O2/c1-2-3-4-5-6-7-8-9-10-11-12-13-14-15-16-17-18-19-20-21-22(23)24/h6-7,9-10,12-13,15-16,18-19H,2-5,8,11,14,17,20-21H2,1H3,(H,23,24). The Morgan fingerprint density at radius 1 is 0.667 bits per heavy atom. The molecular weight excluding hydrogens is 296 g/mol. The van der Waals surface area contributed by atoms with Gasteiger partial charge in [-0.1, -0.05) is 80.5 Å². The molecule has 0 amide bonds. The first-order valence-electron chi connectivity index (χ1n) is 9.24. The van der Waals surface area contributed by atoms with Crippen molar-refractivity contribution in [1.29, 1.82) is 0 Å². The third kappa shape index (κ3) is 20.2. The monoisotopic (exact) mass is 330 g/mol. The third-order valence-corrected chi connectivity index (χ3v) is 3.42. The minimum atomic E-state index is -0.739. The molecule has 0 saturated heterocycles. The summed E-state index contributed by atoms with van der Waals surface area (Å²) in [5.74, 6) is -0.739. The quantitative estimate of drug-likeness (QED) is 0.265. The summed E-state index contributed by atoms with van der Waals surface area (Å²) in [5, 5.41) is 8.49. The Hall–Kier alpha value is -1.83. The van der Waals surface area contributed by atoms with Gasteiger partial charge < -0.3 is 5.11 Å². The lowest BCUT2D eigenvalue weighted by Gasteiger charge is -1.90. The molecule has 2 heteroatoms. The maximum atomic E-state index is 10.3. The largest absolute Gasteiger partial charge is 0.481 e. The molecule has 0 spiro atoms. The molecule has 0 aromatic heterocycles. The lowest BCUT2D eigenvalue weighted by atomic mass is 10.2. The van der Waals surface area contributed by atoms with E-state index in [4.69, 9.17) is 5.11 Å². The Balaban J connectivity index is 3.46. The molecule has 134 valence electrons. The van der Waals surface area contributed by atoms with E-state index in [0.29, 0.717) is 6.42 Å². The summed E-state index contributed by atoms with van der Waals surface area (Å²) in [7, 11) is 0. The predicted molar refractivity (Wildman–Crippen MR) is 105 cm³/mol. The molecule has 0 saturated carbocycles. The van der Waals surface area contributed by atoms with Gasteiger partial charge >= 0.3 is 5.97 Å². The summed E-state index contributed by atoms with van der Waals surface area (Å²) in [4.78, 5) is 10.3. The van der Waals surface area contributed by atoms with E-state index in [2.05, 4.69) is 55.5 Å². The molecule has 0 heterocycles. The number of carboxylic acid groups (broad SMARTS) is 1. The average molecular weight is 331 g/mol. The number of aliphatic carboxylic acids is 1. The normalized spacial score (nSPS) is 12.7. The van der Waals surface area contributed by atoms with Gasteiger partial charge in [-0.2, -0.15) is 0 Å². The first-order valence-corrected chi connectivity index (χ1v) is 9.24. The zero-order valence-electron chi connectivity index (χ0n) is 15.2. The lowest BCUT2D eigenvalue weighted by Crippen LogP contribution is -1.91. The second-order valence-corrected chi connectivity index (χ2v) is 5.73. The van der Waals surface area contributed by atoms with Crippen LogP contribution in [0.5, 0.6) is 0 Å². The summed E-state index contributed by atoms with van der Waals surface area (Å²) in [6, 6.07) is 0. The number of hydrogen-bond donors (Lipinski definition) is 1. The van der Waals surface area contributed by atoms with Gasteiger partial charge in [0.25, 0.3) is 0 Å². The molecule has 0 rings (SSSR count). The number of rotatable bonds is 15. The summed E-state index contributed by atoms with van der Waals surface area (Å²) < 4.78 is 0. The van der Waals surface area contributed by atoms with Crippen LogP contribution in [-0.2, 0) is 4.79 Å². The molecule has 0 aromatic rings. The maximum Gasteiger partial charge on any atom is 0.303 e. The van der Waals surface area contributed by atoms with Crippen molar-refractivity contribution in [1.82, 2.24) is 0 Å². The highest BCUT2D eigenvalue weighted by Crippen LogP contribution is 2.01. The molecule has 0 bridgehead atoms. The van der Waals surface area contributed by atoms with Crippen molar-refractivity contribution in [3.63, 3.8) is 0 Å². The van der Waals surface area contributed by atoms with E-state index in [1.54, 1.807) is 0 Å². The van der Waals surface area contributed by atoms with Crippen LogP contribution in [0.15, 0.2) is 60.8 Å². The molecule has 0 radical (unpaired) electrons. The number of carbonyl (C=O) groups is 1. The van der Waals surface area contributed by atoms with Crippen molar-refractivity contribution < 1.29 is 9.90 Å². The smallest absolute Gasteiger partial charge is 0.303 e. The molecule has 0 aliphatic heterocycles. The van der Waals surface area contributed by atoms with Crippen molar-refractivity contribution in [2.75, 3.05) is 0 Å². The van der Waals surface area contributed by atoms with Gasteiger partial charge in [-0.15, -0.1) is 0 Å². The minimum Gasteiger partial charge on any atom is -0.481 e. The zero-order valence-corrected chi connectivity index (χ0v) is 15.2. The molecule has 0 unspecified atom stereocenters. The maximum absolute atomic E-state index is 10.3. The van der Waals surface area contributed by atoms with Crippen LogP contribution in [0.4, 0.5) is 0 Å². The molecule has 0 atom stereocenters. The van der Waals surface area contributed by atoms with E-state index in [9.17, 15) is 4.79 Å². The first-order chi connectivity index (χ1) is 11.8. The van der Waals surface area contributed by atoms with Gasteiger partial charge in [0.05, 0.1) is 0 Å². The van der Waals surface area contributed by atoms with E-state index in [1.807, 2.05) is 12.2 Å². The van der Waals surface area contributed by atoms with Crippen LogP contribution in [0, 0.1) is 0 Å². The van der Waals surface area contributed by atoms with E-state index in [1.165, 1.54) is 25.7 Å². The van der Waals surface area contributed by atoms with Crippen molar-refractivity contribution in [3.8, 4) is 0 Å². The van der Waals surface area contributed by atoms with Gasteiger partial charge in [0.15, 0.2) is 0 Å². The summed E-state index contributed by atoms with van der Waals surface area (Å²) in [6.45, 7) is 2.23. The molecular formula is C22H34O2. The van der Waals surface area contributed by atoms with E-state index in [-0.39, 0.29) is 6.42 Å². The molecule has 0 aromatic carbocycles. The van der Waals surface area contributed by atoms with Crippen molar-refractivity contribution in [3.05, 3.63) is 60.8 Å². The topological polar surface area (TPSA) is 37.3 Å². The van der Waals surface area contributed by atoms with Crippen LogP contribution >= 0.6 is 0 Å². The van der Waals surface area contributed by atoms with E-state index < -0.39 is 5.97 Å². The second kappa shape index (κ2) is 19.2. The molecule has 0 aliphatic carbocycles. The highest BCUT2D eigenvalue weighted by Gasteiger charge is 1.90. The van der Waals surface area contributed by atoms with Gasteiger partial charge in [0, 0.05) is 6.42 Å². The van der Waals surface area contributed by atoms with Crippen LogP contribution in [0.2, 0.25) is 0 Å². The van der Waals surface area contributed by atoms with Gasteiger partial charge in [0.1, 0.15) is 0 Å². The van der Waals surface area contributed by atoms with Crippen molar-refractivity contribution >= 4 is 5.97 Å². The molecule has 0 fully saturated rings. The van der Waals surface area contributed by atoms with Crippen LogP contribution in [0.25, 0.3) is 0 Å². The highest BCUT2D eigenvalue weighted by molar-refractivity contribution is 5.66. The fourth-order valence-electron chi connectivity index (χ4n) is 2.04.